The number of benzene rings is 2. The molecular formula is C25H29ClN4O8S. The maximum Gasteiger partial charge on any atom is 0.238 e. The number of nitrogens with zero attached hydrogens (tertiary/aromatic N) is 3. The third-order valence-corrected chi connectivity index (χ3v) is 7.06. The Morgan fingerprint density at radius 1 is 1.18 bits per heavy atom. The molecule has 1 saturated heterocycles. The Balaban J connectivity index is 1.93. The maximum atomic E-state index is 12.5. The number of halogens is 1. The average Bonchev–Trinajstić information content (AvgIpc) is 2.94. The van der Waals surface area contributed by atoms with Crippen molar-refractivity contribution in [2.24, 2.45) is 5.14 Å². The van der Waals surface area contributed by atoms with Crippen molar-refractivity contribution in [2.75, 3.05) is 51.5 Å². The van der Waals surface area contributed by atoms with E-state index in [1.165, 1.54) is 13.2 Å². The first-order chi connectivity index (χ1) is 18.7. The third-order valence-electron chi connectivity index (χ3n) is 5.78. The molecule has 3 aromatic rings. The number of methoxy groups -OCH3 is 1. The van der Waals surface area contributed by atoms with E-state index in [1.54, 1.807) is 36.4 Å². The van der Waals surface area contributed by atoms with E-state index in [2.05, 4.69) is 4.98 Å². The normalized spacial score (nSPS) is 14.7. The van der Waals surface area contributed by atoms with Crippen LogP contribution in [0.2, 0.25) is 5.02 Å². The predicted octanol–water partition coefficient (Wildman–Crippen LogP) is 1.95. The average molecular weight is 581 g/mol. The number of aromatic nitrogens is 2. The van der Waals surface area contributed by atoms with Crippen LogP contribution in [0, 0.1) is 0 Å². The fraction of sp³-hybridized carbons (Fsp3) is 0.360. The molecule has 0 bridgehead atoms. The van der Waals surface area contributed by atoms with Crippen LogP contribution in [0.25, 0.3) is 11.3 Å². The second-order valence-electron chi connectivity index (χ2n) is 8.54. The van der Waals surface area contributed by atoms with Gasteiger partial charge in [-0.2, -0.15) is 0 Å². The van der Waals surface area contributed by atoms with Crippen molar-refractivity contribution in [2.45, 2.75) is 17.6 Å². The predicted molar refractivity (Wildman–Crippen MR) is 143 cm³/mol. The topological polar surface area (TPSA) is 167 Å². The molecule has 0 radical (unpaired) electrons. The number of morpholine rings is 1. The van der Waals surface area contributed by atoms with Gasteiger partial charge in [-0.15, -0.1) is 0 Å². The second kappa shape index (κ2) is 12.9. The van der Waals surface area contributed by atoms with Gasteiger partial charge in [0.25, 0.3) is 0 Å². The first-order valence-corrected chi connectivity index (χ1v) is 13.9. The van der Waals surface area contributed by atoms with E-state index in [-0.39, 0.29) is 51.6 Å². The first kappa shape index (κ1) is 29.0. The van der Waals surface area contributed by atoms with Crippen LogP contribution in [0.5, 0.6) is 17.2 Å². The van der Waals surface area contributed by atoms with Crippen molar-refractivity contribution >= 4 is 27.6 Å². The van der Waals surface area contributed by atoms with Crippen LogP contribution in [0.3, 0.4) is 0 Å². The lowest BCUT2D eigenvalue weighted by atomic mass is 10.1. The standard InChI is InChI=1S/C25H29ClN4O8S/c1-35-17-6-7-19(26)21(12-17)38-24-20(15-37-14-16(32)13-31)28-25(30-8-10-36-11-9-30)29-23(24)18-4-2-3-5-22(18)39(27,33)34/h2-7,12,16,31-32H,8-11,13-15H2,1H3,(H2,27,33,34). The summed E-state index contributed by atoms with van der Waals surface area (Å²) < 4.78 is 47.7. The van der Waals surface area contributed by atoms with Crippen LogP contribution in [0.1, 0.15) is 5.69 Å². The van der Waals surface area contributed by atoms with E-state index >= 15 is 0 Å². The molecule has 1 atom stereocenters. The van der Waals surface area contributed by atoms with Gasteiger partial charge in [-0.05, 0) is 18.2 Å². The van der Waals surface area contributed by atoms with Gasteiger partial charge in [-0.1, -0.05) is 29.8 Å². The van der Waals surface area contributed by atoms with E-state index in [0.29, 0.717) is 38.0 Å². The van der Waals surface area contributed by atoms with Gasteiger partial charge in [0.15, 0.2) is 5.75 Å². The third kappa shape index (κ3) is 7.13. The van der Waals surface area contributed by atoms with Gasteiger partial charge in [-0.3, -0.25) is 0 Å². The zero-order valence-corrected chi connectivity index (χ0v) is 22.7. The zero-order valence-electron chi connectivity index (χ0n) is 21.1. The number of anilines is 1. The van der Waals surface area contributed by atoms with Crippen LogP contribution in [0.4, 0.5) is 5.95 Å². The lowest BCUT2D eigenvalue weighted by molar-refractivity contribution is -0.00121. The molecule has 39 heavy (non-hydrogen) atoms. The number of ether oxygens (including phenoxy) is 4. The van der Waals surface area contributed by atoms with Crippen LogP contribution in [0.15, 0.2) is 47.4 Å². The fourth-order valence-electron chi connectivity index (χ4n) is 3.83. The van der Waals surface area contributed by atoms with Gasteiger partial charge < -0.3 is 34.1 Å². The quantitative estimate of drug-likeness (QED) is 0.303. The molecule has 14 heteroatoms. The highest BCUT2D eigenvalue weighted by Gasteiger charge is 2.27. The zero-order chi connectivity index (χ0) is 28.0. The highest BCUT2D eigenvalue weighted by molar-refractivity contribution is 7.89. The number of hydrogen-bond donors (Lipinski definition) is 3. The number of hydrogen-bond acceptors (Lipinski definition) is 11. The lowest BCUT2D eigenvalue weighted by Crippen LogP contribution is -2.37. The summed E-state index contributed by atoms with van der Waals surface area (Å²) in [6.07, 6.45) is -1.11. The monoisotopic (exact) mass is 580 g/mol. The Morgan fingerprint density at radius 3 is 2.62 bits per heavy atom. The molecule has 0 spiro atoms. The van der Waals surface area contributed by atoms with Crippen molar-refractivity contribution in [1.29, 1.82) is 0 Å². The number of sulfonamides is 1. The first-order valence-electron chi connectivity index (χ1n) is 11.9. The Kier molecular flexibility index (Phi) is 9.56. The summed E-state index contributed by atoms with van der Waals surface area (Å²) in [6.45, 7) is 1.08. The largest absolute Gasteiger partial charge is 0.497 e. The smallest absolute Gasteiger partial charge is 0.238 e. The fourth-order valence-corrected chi connectivity index (χ4v) is 4.73. The van der Waals surface area contributed by atoms with Crippen LogP contribution in [-0.4, -0.2) is 81.3 Å². The van der Waals surface area contributed by atoms with Gasteiger partial charge in [0.1, 0.15) is 29.0 Å². The maximum absolute atomic E-state index is 12.5. The molecule has 4 N–H and O–H groups in total. The van der Waals surface area contributed by atoms with Crippen molar-refractivity contribution in [1.82, 2.24) is 9.97 Å². The molecule has 2 heterocycles. The number of primary sulfonamides is 1. The Bertz CT molecular complexity index is 1400. The summed E-state index contributed by atoms with van der Waals surface area (Å²) in [5.41, 5.74) is 0.564. The van der Waals surface area contributed by atoms with Crippen molar-refractivity contribution in [3.8, 4) is 28.5 Å². The number of rotatable bonds is 11. The highest BCUT2D eigenvalue weighted by atomic mass is 35.5. The molecular weight excluding hydrogens is 552 g/mol. The molecule has 1 aromatic heterocycles. The molecule has 4 rings (SSSR count). The van der Waals surface area contributed by atoms with Crippen LogP contribution < -0.4 is 19.5 Å². The minimum atomic E-state index is -4.16. The number of nitrogens with two attached hydrogens (primary N) is 1. The minimum absolute atomic E-state index is 0.0664. The Hall–Kier alpha value is -3.04. The summed E-state index contributed by atoms with van der Waals surface area (Å²) in [6, 6.07) is 10.9. The molecule has 1 aliphatic heterocycles. The summed E-state index contributed by atoms with van der Waals surface area (Å²) in [5.74, 6) is 1.03. The van der Waals surface area contributed by atoms with Gasteiger partial charge in [0.05, 0.1) is 50.1 Å². The van der Waals surface area contributed by atoms with Gasteiger partial charge >= 0.3 is 0 Å². The molecule has 12 nitrogen and oxygen atoms in total. The van der Waals surface area contributed by atoms with E-state index in [4.69, 9.17) is 40.7 Å². The van der Waals surface area contributed by atoms with Gasteiger partial charge in [0, 0.05) is 24.7 Å². The van der Waals surface area contributed by atoms with E-state index in [1.807, 2.05) is 4.90 Å². The SMILES string of the molecule is COc1ccc(Cl)c(Oc2c(COCC(O)CO)nc(N3CCOCC3)nc2-c2ccccc2S(N)(=O)=O)c1. The Morgan fingerprint density at radius 2 is 1.92 bits per heavy atom. The lowest BCUT2D eigenvalue weighted by Gasteiger charge is -2.28. The van der Waals surface area contributed by atoms with E-state index in [9.17, 15) is 18.6 Å². The summed E-state index contributed by atoms with van der Waals surface area (Å²) in [7, 11) is -2.67. The molecule has 1 aliphatic rings. The molecule has 0 amide bonds. The van der Waals surface area contributed by atoms with E-state index < -0.39 is 22.7 Å². The number of aliphatic hydroxyl groups is 2. The van der Waals surface area contributed by atoms with Crippen molar-refractivity contribution in [3.63, 3.8) is 0 Å². The van der Waals surface area contributed by atoms with Crippen LogP contribution in [-0.2, 0) is 26.1 Å². The van der Waals surface area contributed by atoms with Gasteiger partial charge in [-0.25, -0.2) is 23.5 Å². The minimum Gasteiger partial charge on any atom is -0.497 e. The summed E-state index contributed by atoms with van der Waals surface area (Å²) >= 11 is 6.42. The summed E-state index contributed by atoms with van der Waals surface area (Å²) in [4.78, 5) is 11.1. The molecule has 1 unspecified atom stereocenters. The second-order valence-corrected chi connectivity index (χ2v) is 10.5. The van der Waals surface area contributed by atoms with Gasteiger partial charge in [0.2, 0.25) is 16.0 Å². The van der Waals surface area contributed by atoms with Crippen molar-refractivity contribution < 1.29 is 37.6 Å². The summed E-state index contributed by atoms with van der Waals surface area (Å²) in [5, 5.41) is 24.8. The highest BCUT2D eigenvalue weighted by Crippen LogP contribution is 2.41. The Labute approximate surface area is 230 Å². The molecule has 1 fully saturated rings. The van der Waals surface area contributed by atoms with Crippen molar-refractivity contribution in [3.05, 3.63) is 53.2 Å². The molecule has 0 saturated carbocycles. The molecule has 210 valence electrons. The van der Waals surface area contributed by atoms with Crippen LogP contribution >= 0.6 is 11.6 Å². The molecule has 0 aliphatic carbocycles. The molecule has 2 aromatic carbocycles. The van der Waals surface area contributed by atoms with E-state index in [0.717, 1.165) is 0 Å². The number of aliphatic hydroxyl groups excluding tert-OH is 2.